The van der Waals surface area contributed by atoms with E-state index in [-0.39, 0.29) is 0 Å². The van der Waals surface area contributed by atoms with E-state index in [9.17, 15) is 4.79 Å². The maximum Gasteiger partial charge on any atom is 0.152 e. The lowest BCUT2D eigenvalue weighted by Gasteiger charge is -2.26. The van der Waals surface area contributed by atoms with Gasteiger partial charge < -0.3 is 4.57 Å². The highest BCUT2D eigenvalue weighted by Gasteiger charge is 2.20. The molecule has 88 valence electrons. The zero-order valence-electron chi connectivity index (χ0n) is 9.53. The largest absolute Gasteiger partial charge is 0.345 e. The van der Waals surface area contributed by atoms with E-state index in [1.54, 1.807) is 0 Å². The first kappa shape index (κ1) is 10.8. The zero-order chi connectivity index (χ0) is 11.8. The van der Waals surface area contributed by atoms with E-state index < -0.39 is 0 Å². The molecule has 17 heavy (non-hydrogen) atoms. The summed E-state index contributed by atoms with van der Waals surface area (Å²) in [6.45, 7) is 0.980. The summed E-state index contributed by atoms with van der Waals surface area (Å²) in [5.74, 6) is 0.751. The highest BCUT2D eigenvalue weighted by Crippen LogP contribution is 2.32. The first-order chi connectivity index (χ1) is 8.29. The molecule has 0 radical (unpaired) electrons. The van der Waals surface area contributed by atoms with Crippen LogP contribution < -0.4 is 0 Å². The topological polar surface area (TPSA) is 22.0 Å². The lowest BCUT2D eigenvalue weighted by atomic mass is 9.85. The van der Waals surface area contributed by atoms with Crippen molar-refractivity contribution >= 4 is 28.8 Å². The van der Waals surface area contributed by atoms with Crippen LogP contribution in [0.4, 0.5) is 0 Å². The minimum atomic E-state index is 0.731. The van der Waals surface area contributed by atoms with Gasteiger partial charge in [0, 0.05) is 23.7 Å². The van der Waals surface area contributed by atoms with Crippen molar-refractivity contribution in [1.29, 1.82) is 0 Å². The molecule has 1 fully saturated rings. The van der Waals surface area contributed by atoms with Gasteiger partial charge in [-0.3, -0.25) is 4.79 Å². The number of halogens is 1. The van der Waals surface area contributed by atoms with E-state index >= 15 is 0 Å². The van der Waals surface area contributed by atoms with E-state index in [4.69, 9.17) is 11.6 Å². The summed E-state index contributed by atoms with van der Waals surface area (Å²) in [5, 5.41) is 1.70. The monoisotopic (exact) mass is 247 g/mol. The molecule has 1 aromatic carbocycles. The third kappa shape index (κ3) is 1.77. The molecule has 0 N–H and O–H groups in total. The van der Waals surface area contributed by atoms with Crippen molar-refractivity contribution in [3.05, 3.63) is 35.0 Å². The van der Waals surface area contributed by atoms with Gasteiger partial charge in [0.25, 0.3) is 0 Å². The molecule has 0 bridgehead atoms. The normalized spacial score (nSPS) is 16.1. The molecule has 0 spiro atoms. The average Bonchev–Trinajstić information content (AvgIpc) is 2.63. The van der Waals surface area contributed by atoms with Crippen molar-refractivity contribution in [2.45, 2.75) is 25.8 Å². The summed E-state index contributed by atoms with van der Waals surface area (Å²) in [6.07, 6.45) is 6.76. The number of rotatable bonds is 3. The van der Waals surface area contributed by atoms with Gasteiger partial charge in [-0.15, -0.1) is 0 Å². The predicted octanol–water partition coefficient (Wildman–Crippen LogP) is 3.91. The minimum Gasteiger partial charge on any atom is -0.345 e. The summed E-state index contributed by atoms with van der Waals surface area (Å²) in [5.41, 5.74) is 1.74. The fourth-order valence-corrected chi connectivity index (χ4v) is 2.82. The van der Waals surface area contributed by atoms with Crippen molar-refractivity contribution in [2.24, 2.45) is 5.92 Å². The Balaban J connectivity index is 2.12. The second-order valence-corrected chi connectivity index (χ2v) is 5.19. The number of fused-ring (bicyclic) bond motifs is 1. The van der Waals surface area contributed by atoms with Crippen LogP contribution in [0.5, 0.6) is 0 Å². The van der Waals surface area contributed by atoms with Crippen LogP contribution in [0.1, 0.15) is 29.6 Å². The van der Waals surface area contributed by atoms with Gasteiger partial charge in [0.05, 0.1) is 10.5 Å². The molecular formula is C14H14ClNO. The van der Waals surface area contributed by atoms with Crippen molar-refractivity contribution < 1.29 is 4.79 Å². The molecule has 1 saturated carbocycles. The number of aldehydes is 1. The van der Waals surface area contributed by atoms with Crippen molar-refractivity contribution in [2.75, 3.05) is 0 Å². The Labute approximate surface area is 105 Å². The number of para-hydroxylation sites is 1. The Morgan fingerprint density at radius 2 is 2.24 bits per heavy atom. The number of benzene rings is 1. The van der Waals surface area contributed by atoms with Gasteiger partial charge in [-0.05, 0) is 24.8 Å². The number of hydrogen-bond donors (Lipinski definition) is 0. The SMILES string of the molecule is O=Cc1cn(CC2CCC2)c2c(Cl)cccc12. The van der Waals surface area contributed by atoms with Crippen molar-refractivity contribution in [1.82, 2.24) is 4.57 Å². The maximum atomic E-state index is 11.1. The standard InChI is InChI=1S/C14H14ClNO/c15-13-6-2-5-12-11(9-17)8-16(14(12)13)7-10-3-1-4-10/h2,5-6,8-10H,1,3-4,7H2. The Kier molecular flexibility index (Phi) is 2.67. The quantitative estimate of drug-likeness (QED) is 0.754. The zero-order valence-corrected chi connectivity index (χ0v) is 10.3. The van der Waals surface area contributed by atoms with Gasteiger partial charge in [0.1, 0.15) is 0 Å². The number of nitrogens with zero attached hydrogens (tertiary/aromatic N) is 1. The van der Waals surface area contributed by atoms with Crippen LogP contribution in [0.15, 0.2) is 24.4 Å². The molecule has 2 nitrogen and oxygen atoms in total. The second-order valence-electron chi connectivity index (χ2n) is 4.79. The van der Waals surface area contributed by atoms with Crippen LogP contribution in [0, 0.1) is 5.92 Å². The lowest BCUT2D eigenvalue weighted by molar-refractivity contribution is 0.112. The van der Waals surface area contributed by atoms with Crippen LogP contribution >= 0.6 is 11.6 Å². The molecule has 0 saturated heterocycles. The van der Waals surface area contributed by atoms with Gasteiger partial charge in [0.2, 0.25) is 0 Å². The van der Waals surface area contributed by atoms with E-state index in [0.717, 1.165) is 40.2 Å². The molecule has 1 heterocycles. The summed E-state index contributed by atoms with van der Waals surface area (Å²) < 4.78 is 2.14. The molecule has 3 rings (SSSR count). The van der Waals surface area contributed by atoms with Gasteiger partial charge in [0.15, 0.2) is 6.29 Å². The van der Waals surface area contributed by atoms with E-state index in [1.807, 2.05) is 24.4 Å². The smallest absolute Gasteiger partial charge is 0.152 e. The van der Waals surface area contributed by atoms with Gasteiger partial charge in [-0.1, -0.05) is 30.2 Å². The summed E-state index contributed by atoms with van der Waals surface area (Å²) in [4.78, 5) is 11.1. The first-order valence-electron chi connectivity index (χ1n) is 6.02. The highest BCUT2D eigenvalue weighted by atomic mass is 35.5. The van der Waals surface area contributed by atoms with Gasteiger partial charge in [-0.2, -0.15) is 0 Å². The highest BCUT2D eigenvalue weighted by molar-refractivity contribution is 6.35. The van der Waals surface area contributed by atoms with Crippen molar-refractivity contribution in [3.63, 3.8) is 0 Å². The number of hydrogen-bond acceptors (Lipinski definition) is 1. The molecule has 1 aliphatic carbocycles. The van der Waals surface area contributed by atoms with Crippen LogP contribution in [-0.2, 0) is 6.54 Å². The third-order valence-corrected chi connectivity index (χ3v) is 3.99. The Morgan fingerprint density at radius 1 is 1.41 bits per heavy atom. The number of carbonyl (C=O) groups is 1. The number of aromatic nitrogens is 1. The average molecular weight is 248 g/mol. The summed E-state index contributed by atoms with van der Waals surface area (Å²) in [7, 11) is 0. The Morgan fingerprint density at radius 3 is 2.88 bits per heavy atom. The Hall–Kier alpha value is -1.28. The van der Waals surface area contributed by atoms with Gasteiger partial charge in [-0.25, -0.2) is 0 Å². The fraction of sp³-hybridized carbons (Fsp3) is 0.357. The molecule has 3 heteroatoms. The Bertz CT molecular complexity index is 569. The minimum absolute atomic E-state index is 0.731. The summed E-state index contributed by atoms with van der Waals surface area (Å²) >= 11 is 6.24. The van der Waals surface area contributed by atoms with Crippen LogP contribution in [-0.4, -0.2) is 10.9 Å². The molecule has 2 aromatic rings. The van der Waals surface area contributed by atoms with E-state index in [0.29, 0.717) is 0 Å². The van der Waals surface area contributed by atoms with E-state index in [1.165, 1.54) is 19.3 Å². The molecular weight excluding hydrogens is 234 g/mol. The predicted molar refractivity (Wildman–Crippen MR) is 69.7 cm³/mol. The van der Waals surface area contributed by atoms with Crippen molar-refractivity contribution in [3.8, 4) is 0 Å². The third-order valence-electron chi connectivity index (χ3n) is 3.69. The second kappa shape index (κ2) is 4.19. The molecule has 0 unspecified atom stereocenters. The van der Waals surface area contributed by atoms with Gasteiger partial charge >= 0.3 is 0 Å². The fourth-order valence-electron chi connectivity index (χ4n) is 2.53. The molecule has 1 aliphatic rings. The molecule has 1 aromatic heterocycles. The van der Waals surface area contributed by atoms with Crippen LogP contribution in [0.3, 0.4) is 0 Å². The van der Waals surface area contributed by atoms with E-state index in [2.05, 4.69) is 4.57 Å². The maximum absolute atomic E-state index is 11.1. The van der Waals surface area contributed by atoms with Crippen LogP contribution in [0.25, 0.3) is 10.9 Å². The molecule has 0 amide bonds. The lowest BCUT2D eigenvalue weighted by Crippen LogP contribution is -2.17. The summed E-state index contributed by atoms with van der Waals surface area (Å²) in [6, 6.07) is 5.74. The first-order valence-corrected chi connectivity index (χ1v) is 6.40. The number of carbonyl (C=O) groups excluding carboxylic acids is 1. The van der Waals surface area contributed by atoms with Crippen LogP contribution in [0.2, 0.25) is 5.02 Å². The molecule has 0 atom stereocenters. The molecule has 0 aliphatic heterocycles.